The van der Waals surface area contributed by atoms with Crippen LogP contribution in [0.2, 0.25) is 0 Å². The van der Waals surface area contributed by atoms with Crippen molar-refractivity contribution in [3.05, 3.63) is 55.1 Å². The molecule has 0 spiro atoms. The van der Waals surface area contributed by atoms with Gasteiger partial charge in [-0.3, -0.25) is 4.79 Å². The van der Waals surface area contributed by atoms with E-state index in [-0.39, 0.29) is 12.5 Å². The van der Waals surface area contributed by atoms with E-state index in [2.05, 4.69) is 14.9 Å². The molecule has 0 saturated heterocycles. The SMILES string of the molecule is C[n+]1ccn(CC(=O)Nc2ccc(OCCCc3[nH]cc[n+]3C)c(N)c2)c1. The maximum absolute atomic E-state index is 12.1. The summed E-state index contributed by atoms with van der Waals surface area (Å²) < 4.78 is 11.5. The van der Waals surface area contributed by atoms with E-state index in [0.717, 1.165) is 18.7 Å². The number of hydrogen-bond acceptors (Lipinski definition) is 3. The summed E-state index contributed by atoms with van der Waals surface area (Å²) in [7, 11) is 3.92. The van der Waals surface area contributed by atoms with Gasteiger partial charge in [-0.25, -0.2) is 18.7 Å². The van der Waals surface area contributed by atoms with Crippen LogP contribution in [0.15, 0.2) is 49.3 Å². The van der Waals surface area contributed by atoms with Gasteiger partial charge in [-0.05, 0) is 24.6 Å². The number of imidazole rings is 2. The molecule has 3 aromatic rings. The van der Waals surface area contributed by atoms with E-state index in [1.54, 1.807) is 22.8 Å². The number of aromatic nitrogens is 4. The normalized spacial score (nSPS) is 10.7. The number of carbonyl (C=O) groups is 1. The summed E-state index contributed by atoms with van der Waals surface area (Å²) in [5, 5.41) is 2.85. The Kier molecular flexibility index (Phi) is 5.75. The molecule has 0 saturated carbocycles. The zero-order valence-electron chi connectivity index (χ0n) is 15.7. The van der Waals surface area contributed by atoms with Crippen molar-refractivity contribution in [2.24, 2.45) is 14.1 Å². The number of aromatic amines is 1. The maximum atomic E-state index is 12.1. The van der Waals surface area contributed by atoms with Crippen LogP contribution in [-0.2, 0) is 31.9 Å². The van der Waals surface area contributed by atoms with E-state index in [4.69, 9.17) is 10.5 Å². The molecule has 2 heterocycles. The third kappa shape index (κ3) is 5.10. The van der Waals surface area contributed by atoms with Crippen molar-refractivity contribution in [3.63, 3.8) is 0 Å². The lowest BCUT2D eigenvalue weighted by atomic mass is 10.2. The van der Waals surface area contributed by atoms with E-state index in [1.165, 1.54) is 0 Å². The van der Waals surface area contributed by atoms with Crippen molar-refractivity contribution in [2.75, 3.05) is 17.7 Å². The minimum absolute atomic E-state index is 0.113. The van der Waals surface area contributed by atoms with E-state index >= 15 is 0 Å². The van der Waals surface area contributed by atoms with Gasteiger partial charge in [-0.1, -0.05) is 0 Å². The number of ether oxygens (including phenoxy) is 1. The van der Waals surface area contributed by atoms with Gasteiger partial charge in [0.25, 0.3) is 11.7 Å². The van der Waals surface area contributed by atoms with E-state index in [0.29, 0.717) is 23.7 Å². The summed E-state index contributed by atoms with van der Waals surface area (Å²) in [4.78, 5) is 15.3. The molecule has 0 bridgehead atoms. The number of amides is 1. The van der Waals surface area contributed by atoms with Crippen molar-refractivity contribution >= 4 is 17.3 Å². The molecule has 142 valence electrons. The lowest BCUT2D eigenvalue weighted by Gasteiger charge is -2.10. The molecule has 0 aliphatic heterocycles. The van der Waals surface area contributed by atoms with Gasteiger partial charge in [0.2, 0.25) is 6.33 Å². The van der Waals surface area contributed by atoms with E-state index in [1.807, 2.05) is 49.8 Å². The zero-order valence-corrected chi connectivity index (χ0v) is 15.7. The fourth-order valence-corrected chi connectivity index (χ4v) is 2.83. The molecule has 8 heteroatoms. The molecule has 1 amide bonds. The average molecular weight is 370 g/mol. The van der Waals surface area contributed by atoms with E-state index in [9.17, 15) is 4.79 Å². The maximum Gasteiger partial charge on any atom is 0.266 e. The number of nitrogens with two attached hydrogens (primary N) is 1. The Morgan fingerprint density at radius 1 is 1.33 bits per heavy atom. The lowest BCUT2D eigenvalue weighted by Crippen LogP contribution is -2.30. The summed E-state index contributed by atoms with van der Waals surface area (Å²) in [5.74, 6) is 1.67. The van der Waals surface area contributed by atoms with Crippen LogP contribution in [0.25, 0.3) is 0 Å². The van der Waals surface area contributed by atoms with Crippen LogP contribution in [0.5, 0.6) is 5.75 Å². The van der Waals surface area contributed by atoms with Gasteiger partial charge >= 0.3 is 0 Å². The standard InChI is InChI=1S/C19H24N6O2/c1-23-9-10-25(14-23)13-19(26)22-15-5-6-17(16(20)12-15)27-11-3-4-18-21-7-8-24(18)2/h5-10,12,14H,3-4,11,13,20H2,1-2H3/p+2. The van der Waals surface area contributed by atoms with Crippen molar-refractivity contribution in [2.45, 2.75) is 19.4 Å². The number of aryl methyl sites for hydroxylation is 3. The number of hydrogen-bond donors (Lipinski definition) is 3. The molecule has 0 aliphatic rings. The van der Waals surface area contributed by atoms with Crippen LogP contribution in [0.3, 0.4) is 0 Å². The second kappa shape index (κ2) is 8.39. The second-order valence-corrected chi connectivity index (χ2v) is 6.52. The molecule has 4 N–H and O–H groups in total. The monoisotopic (exact) mass is 370 g/mol. The van der Waals surface area contributed by atoms with Gasteiger partial charge in [0.05, 0.1) is 32.8 Å². The molecule has 1 aromatic carbocycles. The highest BCUT2D eigenvalue weighted by molar-refractivity contribution is 5.91. The molecular formula is C19H26N6O2+2. The molecule has 0 unspecified atom stereocenters. The fourth-order valence-electron chi connectivity index (χ4n) is 2.83. The minimum atomic E-state index is -0.113. The first-order valence-corrected chi connectivity index (χ1v) is 8.86. The predicted octanol–water partition coefficient (Wildman–Crippen LogP) is 0.698. The summed E-state index contributed by atoms with van der Waals surface area (Å²) in [6, 6.07) is 5.30. The Bertz CT molecular complexity index is 915. The Morgan fingerprint density at radius 2 is 2.19 bits per heavy atom. The van der Waals surface area contributed by atoms with Gasteiger partial charge in [-0.2, -0.15) is 0 Å². The van der Waals surface area contributed by atoms with Crippen LogP contribution in [-0.4, -0.2) is 22.1 Å². The summed E-state index contributed by atoms with van der Waals surface area (Å²) in [6.07, 6.45) is 11.2. The van der Waals surface area contributed by atoms with Gasteiger partial charge in [-0.15, -0.1) is 0 Å². The number of nitrogens with one attached hydrogen (secondary N) is 2. The Labute approximate surface area is 158 Å². The summed E-state index contributed by atoms with van der Waals surface area (Å²) in [6.45, 7) is 0.814. The topological polar surface area (TPSA) is 92.8 Å². The molecule has 0 fully saturated rings. The number of H-pyrrole nitrogens is 1. The van der Waals surface area contributed by atoms with Crippen molar-refractivity contribution in [3.8, 4) is 5.75 Å². The summed E-state index contributed by atoms with van der Waals surface area (Å²) in [5.41, 5.74) is 7.22. The molecule has 3 rings (SSSR count). The van der Waals surface area contributed by atoms with Crippen molar-refractivity contribution in [1.82, 2.24) is 9.55 Å². The number of benzene rings is 1. The predicted molar refractivity (Wildman–Crippen MR) is 101 cm³/mol. The number of nitrogens with zero attached hydrogens (tertiary/aromatic N) is 3. The third-order valence-electron chi connectivity index (χ3n) is 4.23. The average Bonchev–Trinajstić information content (AvgIpc) is 3.21. The Hall–Kier alpha value is -3.29. The highest BCUT2D eigenvalue weighted by Crippen LogP contribution is 2.25. The van der Waals surface area contributed by atoms with Gasteiger partial charge < -0.3 is 15.8 Å². The second-order valence-electron chi connectivity index (χ2n) is 6.52. The van der Waals surface area contributed by atoms with Crippen molar-refractivity contribution in [1.29, 1.82) is 0 Å². The highest BCUT2D eigenvalue weighted by Gasteiger charge is 2.10. The first-order chi connectivity index (χ1) is 13.0. The molecule has 0 radical (unpaired) electrons. The third-order valence-corrected chi connectivity index (χ3v) is 4.23. The molecule has 0 atom stereocenters. The van der Waals surface area contributed by atoms with Gasteiger partial charge in [0.1, 0.15) is 30.5 Å². The van der Waals surface area contributed by atoms with Crippen LogP contribution < -0.4 is 24.9 Å². The Morgan fingerprint density at radius 3 is 2.85 bits per heavy atom. The first-order valence-electron chi connectivity index (χ1n) is 8.86. The van der Waals surface area contributed by atoms with Gasteiger partial charge in [0, 0.05) is 5.69 Å². The molecular weight excluding hydrogens is 344 g/mol. The summed E-state index contributed by atoms with van der Waals surface area (Å²) >= 11 is 0. The first kappa shape index (κ1) is 18.5. The van der Waals surface area contributed by atoms with Crippen molar-refractivity contribution < 1.29 is 18.7 Å². The number of rotatable bonds is 8. The molecule has 27 heavy (non-hydrogen) atoms. The van der Waals surface area contributed by atoms with E-state index < -0.39 is 0 Å². The van der Waals surface area contributed by atoms with Crippen LogP contribution >= 0.6 is 0 Å². The number of anilines is 2. The van der Waals surface area contributed by atoms with Crippen LogP contribution in [0, 0.1) is 0 Å². The quantitative estimate of drug-likeness (QED) is 0.310. The Balaban J connectivity index is 1.48. The van der Waals surface area contributed by atoms with Crippen LogP contribution in [0.1, 0.15) is 12.2 Å². The smallest absolute Gasteiger partial charge is 0.266 e. The molecule has 8 nitrogen and oxygen atoms in total. The highest BCUT2D eigenvalue weighted by atomic mass is 16.5. The zero-order chi connectivity index (χ0) is 19.2. The molecule has 2 aromatic heterocycles. The fraction of sp³-hybridized carbons (Fsp3) is 0.316. The molecule has 0 aliphatic carbocycles. The largest absolute Gasteiger partial charge is 0.491 e. The lowest BCUT2D eigenvalue weighted by molar-refractivity contribution is -0.677. The minimum Gasteiger partial charge on any atom is -0.491 e. The number of carbonyl (C=O) groups excluding carboxylic acids is 1. The van der Waals surface area contributed by atoms with Gasteiger partial charge in [0.15, 0.2) is 6.54 Å². The van der Waals surface area contributed by atoms with Crippen LogP contribution in [0.4, 0.5) is 11.4 Å². The number of nitrogen functional groups attached to an aromatic ring is 1.